The third kappa shape index (κ3) is 6.12. The minimum atomic E-state index is -0.275. The van der Waals surface area contributed by atoms with Crippen molar-refractivity contribution in [1.82, 2.24) is 14.9 Å². The number of hydrogen-bond acceptors (Lipinski definition) is 7. The largest absolute Gasteiger partial charge is 0.489 e. The smallest absolute Gasteiger partial charge is 0.248 e. The molecule has 1 aliphatic heterocycles. The number of anilines is 3. The number of methoxy groups -OCH3 is 1. The molecule has 0 unspecified atom stereocenters. The van der Waals surface area contributed by atoms with Gasteiger partial charge in [-0.05, 0) is 63.2 Å². The summed E-state index contributed by atoms with van der Waals surface area (Å²) in [5, 5.41) is 6.84. The van der Waals surface area contributed by atoms with Crippen LogP contribution in [0, 0.1) is 12.7 Å². The quantitative estimate of drug-likeness (QED) is 0.347. The molecule has 1 fully saturated rings. The van der Waals surface area contributed by atoms with Crippen LogP contribution in [0.2, 0.25) is 0 Å². The van der Waals surface area contributed by atoms with Gasteiger partial charge in [0.25, 0.3) is 0 Å². The average Bonchev–Trinajstić information content (AvgIpc) is 3.25. The molecule has 0 radical (unpaired) electrons. The first-order chi connectivity index (χ1) is 16.9. The van der Waals surface area contributed by atoms with Crippen molar-refractivity contribution in [2.45, 2.75) is 25.8 Å². The van der Waals surface area contributed by atoms with Gasteiger partial charge in [-0.2, -0.15) is 0 Å². The van der Waals surface area contributed by atoms with E-state index in [0.717, 1.165) is 19.4 Å². The summed E-state index contributed by atoms with van der Waals surface area (Å²) in [5.41, 5.74) is 2.35. The number of rotatable bonds is 9. The van der Waals surface area contributed by atoms with E-state index in [1.54, 1.807) is 44.4 Å². The molecule has 2 N–H and O–H groups in total. The van der Waals surface area contributed by atoms with Gasteiger partial charge in [-0.3, -0.25) is 9.69 Å². The third-order valence-corrected chi connectivity index (χ3v) is 6.01. The Balaban J connectivity index is 1.64. The van der Waals surface area contributed by atoms with Crippen LogP contribution in [-0.2, 0) is 9.53 Å². The molecule has 35 heavy (non-hydrogen) atoms. The summed E-state index contributed by atoms with van der Waals surface area (Å²) in [7, 11) is 3.65. The molecule has 2 aromatic carbocycles. The van der Waals surface area contributed by atoms with Crippen molar-refractivity contribution >= 4 is 34.0 Å². The maximum absolute atomic E-state index is 13.7. The lowest BCUT2D eigenvalue weighted by Crippen LogP contribution is -2.23. The van der Waals surface area contributed by atoms with Crippen LogP contribution >= 0.6 is 0 Å². The number of carbonyl (C=O) groups excluding carboxylic acids is 1. The fourth-order valence-electron chi connectivity index (χ4n) is 4.05. The number of ether oxygens (including phenoxy) is 2. The molecule has 4 rings (SSSR count). The second-order valence-electron chi connectivity index (χ2n) is 8.56. The summed E-state index contributed by atoms with van der Waals surface area (Å²) in [4.78, 5) is 23.7. The number of nitrogens with one attached hydrogen (secondary N) is 2. The topological polar surface area (TPSA) is 88.6 Å². The van der Waals surface area contributed by atoms with Crippen LogP contribution in [0.25, 0.3) is 10.9 Å². The molecule has 8 nitrogen and oxygen atoms in total. The van der Waals surface area contributed by atoms with Crippen molar-refractivity contribution in [1.29, 1.82) is 0 Å². The molecule has 0 saturated carbocycles. The summed E-state index contributed by atoms with van der Waals surface area (Å²) < 4.78 is 24.7. The van der Waals surface area contributed by atoms with Crippen LogP contribution in [0.4, 0.5) is 21.6 Å². The molecular weight excluding hydrogens is 449 g/mol. The lowest BCUT2D eigenvalue weighted by molar-refractivity contribution is -0.112. The Hall–Kier alpha value is -3.56. The number of benzene rings is 2. The maximum Gasteiger partial charge on any atom is 0.248 e. The van der Waals surface area contributed by atoms with Gasteiger partial charge in [-0.1, -0.05) is 6.08 Å². The Morgan fingerprint density at radius 2 is 2.11 bits per heavy atom. The first kappa shape index (κ1) is 24.6. The van der Waals surface area contributed by atoms with E-state index in [-0.39, 0.29) is 17.8 Å². The third-order valence-electron chi connectivity index (χ3n) is 6.01. The molecule has 184 valence electrons. The van der Waals surface area contributed by atoms with Crippen molar-refractivity contribution in [3.63, 3.8) is 0 Å². The number of fused-ring (bicyclic) bond motifs is 1. The zero-order valence-electron chi connectivity index (χ0n) is 20.2. The van der Waals surface area contributed by atoms with Crippen molar-refractivity contribution in [3.05, 3.63) is 60.2 Å². The van der Waals surface area contributed by atoms with Gasteiger partial charge in [0.2, 0.25) is 5.91 Å². The molecule has 2 heterocycles. The maximum atomic E-state index is 13.7. The first-order valence-electron chi connectivity index (χ1n) is 11.6. The molecule has 0 spiro atoms. The Kier molecular flexibility index (Phi) is 7.89. The zero-order valence-corrected chi connectivity index (χ0v) is 20.2. The van der Waals surface area contributed by atoms with Crippen molar-refractivity contribution in [2.24, 2.45) is 0 Å². The van der Waals surface area contributed by atoms with Crippen LogP contribution in [-0.4, -0.2) is 60.7 Å². The predicted molar refractivity (Wildman–Crippen MR) is 135 cm³/mol. The number of likely N-dealkylation sites (N-methyl/N-ethyl adjacent to an activating group) is 1. The molecule has 3 aromatic rings. The zero-order chi connectivity index (χ0) is 24.8. The summed E-state index contributed by atoms with van der Waals surface area (Å²) in [6, 6.07) is 8.56. The lowest BCUT2D eigenvalue weighted by atomic mass is 10.1. The second kappa shape index (κ2) is 11.2. The molecule has 1 aromatic heterocycles. The van der Waals surface area contributed by atoms with Crippen LogP contribution in [0.3, 0.4) is 0 Å². The predicted octanol–water partition coefficient (Wildman–Crippen LogP) is 4.44. The molecule has 1 amide bonds. The fourth-order valence-corrected chi connectivity index (χ4v) is 4.05. The van der Waals surface area contributed by atoms with E-state index in [1.807, 2.05) is 6.08 Å². The van der Waals surface area contributed by atoms with Gasteiger partial charge < -0.3 is 20.1 Å². The number of hydrogen-bond donors (Lipinski definition) is 2. The summed E-state index contributed by atoms with van der Waals surface area (Å²) in [6.45, 7) is 3.45. The molecular formula is C26H30FN5O3. The minimum absolute atomic E-state index is 0.248. The first-order valence-corrected chi connectivity index (χ1v) is 11.6. The van der Waals surface area contributed by atoms with E-state index in [0.29, 0.717) is 52.6 Å². The SMILES string of the molecule is COCCOc1cc2ncnc(Nc3ccc(F)c(C)c3)c2cc1NC(=O)/C=C/[C@H]1CCCN1C. The number of aromatic nitrogens is 2. The highest BCUT2D eigenvalue weighted by molar-refractivity contribution is 6.03. The number of halogens is 1. The highest BCUT2D eigenvalue weighted by atomic mass is 19.1. The van der Waals surface area contributed by atoms with Gasteiger partial charge in [-0.25, -0.2) is 14.4 Å². The standard InChI is InChI=1S/C26H30FN5O3/c1-17-13-18(6-8-21(17)27)30-26-20-14-23(31-25(33)9-7-19-5-4-10-32(19)2)24(35-12-11-34-3)15-22(20)28-16-29-26/h6-9,13-16,19H,4-5,10-12H2,1-3H3,(H,31,33)(H,28,29,30)/b9-7+/t19-/m1/s1. The average molecular weight is 480 g/mol. The second-order valence-corrected chi connectivity index (χ2v) is 8.56. The molecule has 1 aliphatic rings. The number of amides is 1. The van der Waals surface area contributed by atoms with Gasteiger partial charge >= 0.3 is 0 Å². The lowest BCUT2D eigenvalue weighted by Gasteiger charge is -2.16. The van der Waals surface area contributed by atoms with Gasteiger partial charge in [0.15, 0.2) is 0 Å². The Morgan fingerprint density at radius 1 is 1.26 bits per heavy atom. The Morgan fingerprint density at radius 3 is 2.86 bits per heavy atom. The van der Waals surface area contributed by atoms with Gasteiger partial charge in [-0.15, -0.1) is 0 Å². The molecule has 1 atom stereocenters. The number of carbonyl (C=O) groups is 1. The van der Waals surface area contributed by atoms with Crippen LogP contribution in [0.15, 0.2) is 48.8 Å². The Bertz CT molecular complexity index is 1230. The van der Waals surface area contributed by atoms with E-state index in [9.17, 15) is 9.18 Å². The monoisotopic (exact) mass is 479 g/mol. The number of aryl methyl sites for hydroxylation is 1. The molecule has 9 heteroatoms. The normalized spacial score (nSPS) is 16.2. The van der Waals surface area contributed by atoms with E-state index in [4.69, 9.17) is 9.47 Å². The van der Waals surface area contributed by atoms with Crippen molar-refractivity contribution in [3.8, 4) is 5.75 Å². The van der Waals surface area contributed by atoms with Crippen molar-refractivity contribution in [2.75, 3.05) is 44.5 Å². The highest BCUT2D eigenvalue weighted by Crippen LogP contribution is 2.33. The minimum Gasteiger partial charge on any atom is -0.489 e. The van der Waals surface area contributed by atoms with E-state index < -0.39 is 0 Å². The highest BCUT2D eigenvalue weighted by Gasteiger charge is 2.18. The summed E-state index contributed by atoms with van der Waals surface area (Å²) in [6.07, 6.45) is 7.11. The van der Waals surface area contributed by atoms with Crippen LogP contribution < -0.4 is 15.4 Å². The fraction of sp³-hybridized carbons (Fsp3) is 0.346. The van der Waals surface area contributed by atoms with E-state index in [1.165, 1.54) is 12.4 Å². The molecule has 0 bridgehead atoms. The van der Waals surface area contributed by atoms with E-state index in [2.05, 4.69) is 32.5 Å². The molecule has 0 aliphatic carbocycles. The van der Waals surface area contributed by atoms with Crippen LogP contribution in [0.1, 0.15) is 18.4 Å². The van der Waals surface area contributed by atoms with Crippen molar-refractivity contribution < 1.29 is 18.7 Å². The van der Waals surface area contributed by atoms with Gasteiger partial charge in [0, 0.05) is 36.4 Å². The summed E-state index contributed by atoms with van der Waals surface area (Å²) >= 11 is 0. The van der Waals surface area contributed by atoms with Gasteiger partial charge in [0.05, 0.1) is 17.8 Å². The number of nitrogens with zero attached hydrogens (tertiary/aromatic N) is 3. The van der Waals surface area contributed by atoms with Gasteiger partial charge in [0.1, 0.15) is 30.3 Å². The number of likely N-dealkylation sites (tertiary alicyclic amines) is 1. The summed E-state index contributed by atoms with van der Waals surface area (Å²) in [5.74, 6) is 0.490. The van der Waals surface area contributed by atoms with Crippen LogP contribution in [0.5, 0.6) is 5.75 Å². The Labute approximate surface area is 204 Å². The molecule has 1 saturated heterocycles. The van der Waals surface area contributed by atoms with E-state index >= 15 is 0 Å².